The van der Waals surface area contributed by atoms with Crippen LogP contribution >= 0.6 is 0 Å². The van der Waals surface area contributed by atoms with Crippen LogP contribution in [0.2, 0.25) is 0 Å². The van der Waals surface area contributed by atoms with Crippen molar-refractivity contribution in [2.24, 2.45) is 5.92 Å². The number of urea groups is 1. The van der Waals surface area contributed by atoms with Crippen LogP contribution in [0.15, 0.2) is 0 Å². The summed E-state index contributed by atoms with van der Waals surface area (Å²) in [5.74, 6) is 0.719. The zero-order chi connectivity index (χ0) is 10.3. The lowest BCUT2D eigenvalue weighted by Gasteiger charge is -2.24. The fraction of sp³-hybridized carbons (Fsp3) is 0.909. The third-order valence-corrected chi connectivity index (χ3v) is 4.01. The van der Waals surface area contributed by atoms with Gasteiger partial charge in [0.15, 0.2) is 0 Å². The second-order valence-corrected chi connectivity index (χ2v) is 4.99. The van der Waals surface area contributed by atoms with Crippen molar-refractivity contribution in [1.29, 1.82) is 0 Å². The Morgan fingerprint density at radius 1 is 1.13 bits per heavy atom. The summed E-state index contributed by atoms with van der Waals surface area (Å²) in [6.45, 7) is 4.99. The zero-order valence-corrected chi connectivity index (χ0v) is 9.11. The van der Waals surface area contributed by atoms with Crippen molar-refractivity contribution >= 4 is 6.03 Å². The van der Waals surface area contributed by atoms with E-state index in [-0.39, 0.29) is 6.03 Å². The third kappa shape index (κ3) is 1.61. The topological polar surface area (TPSA) is 35.6 Å². The molecule has 3 fully saturated rings. The van der Waals surface area contributed by atoms with E-state index in [4.69, 9.17) is 0 Å². The number of carbonyl (C=O) groups is 1. The molecule has 0 aromatic carbocycles. The Morgan fingerprint density at radius 2 is 1.93 bits per heavy atom. The van der Waals surface area contributed by atoms with Crippen LogP contribution < -0.4 is 5.32 Å². The van der Waals surface area contributed by atoms with Crippen molar-refractivity contribution in [2.45, 2.75) is 25.3 Å². The molecule has 0 aliphatic carbocycles. The average Bonchev–Trinajstić information content (AvgIpc) is 2.92. The molecule has 0 aromatic heterocycles. The van der Waals surface area contributed by atoms with Gasteiger partial charge in [0, 0.05) is 32.2 Å². The van der Waals surface area contributed by atoms with Gasteiger partial charge in [0.1, 0.15) is 0 Å². The predicted molar refractivity (Wildman–Crippen MR) is 57.7 cm³/mol. The summed E-state index contributed by atoms with van der Waals surface area (Å²) in [6, 6.07) is 0.861. The molecule has 1 N–H and O–H groups in total. The van der Waals surface area contributed by atoms with Gasteiger partial charge >= 0.3 is 6.03 Å². The molecule has 4 heteroatoms. The number of hydrogen-bond donors (Lipinski definition) is 1. The standard InChI is InChI=1S/C11H19N3O/c15-11(13-5-1-2-6-13)14-7-9-3-4-12-10(9)8-14/h9-10,12H,1-8H2/t9-,10+/m0/s1. The van der Waals surface area contributed by atoms with Crippen molar-refractivity contribution in [2.75, 3.05) is 32.7 Å². The fourth-order valence-electron chi connectivity index (χ4n) is 3.11. The molecular weight excluding hydrogens is 190 g/mol. The van der Waals surface area contributed by atoms with E-state index < -0.39 is 0 Å². The fourth-order valence-corrected chi connectivity index (χ4v) is 3.11. The van der Waals surface area contributed by atoms with Gasteiger partial charge in [0.05, 0.1) is 0 Å². The molecule has 2 atom stereocenters. The zero-order valence-electron chi connectivity index (χ0n) is 9.11. The van der Waals surface area contributed by atoms with Gasteiger partial charge in [-0.15, -0.1) is 0 Å². The van der Waals surface area contributed by atoms with E-state index in [2.05, 4.69) is 5.32 Å². The molecule has 3 aliphatic heterocycles. The molecular formula is C11H19N3O. The molecule has 15 heavy (non-hydrogen) atoms. The highest BCUT2D eigenvalue weighted by molar-refractivity contribution is 5.75. The normalized spacial score (nSPS) is 34.9. The number of fused-ring (bicyclic) bond motifs is 1. The summed E-state index contributed by atoms with van der Waals surface area (Å²) in [5, 5.41) is 3.48. The molecule has 2 amide bonds. The lowest BCUT2D eigenvalue weighted by molar-refractivity contribution is 0.170. The summed E-state index contributed by atoms with van der Waals surface area (Å²) in [7, 11) is 0. The first-order chi connectivity index (χ1) is 7.34. The van der Waals surface area contributed by atoms with Crippen LogP contribution in [-0.4, -0.2) is 54.6 Å². The van der Waals surface area contributed by atoms with Crippen LogP contribution in [0.25, 0.3) is 0 Å². The Bertz CT molecular complexity index is 251. The van der Waals surface area contributed by atoms with E-state index in [0.717, 1.165) is 38.6 Å². The van der Waals surface area contributed by atoms with Crippen molar-refractivity contribution in [3.63, 3.8) is 0 Å². The van der Waals surface area contributed by atoms with Gasteiger partial charge < -0.3 is 15.1 Å². The van der Waals surface area contributed by atoms with Crippen LogP contribution in [-0.2, 0) is 0 Å². The van der Waals surface area contributed by atoms with Gasteiger partial charge in [-0.25, -0.2) is 4.79 Å². The lowest BCUT2D eigenvalue weighted by Crippen LogP contribution is -2.42. The maximum Gasteiger partial charge on any atom is 0.320 e. The number of hydrogen-bond acceptors (Lipinski definition) is 2. The molecule has 3 heterocycles. The Balaban J connectivity index is 1.61. The molecule has 0 radical (unpaired) electrons. The van der Waals surface area contributed by atoms with E-state index in [0.29, 0.717) is 6.04 Å². The number of nitrogens with zero attached hydrogens (tertiary/aromatic N) is 2. The predicted octanol–water partition coefficient (Wildman–Crippen LogP) is 0.496. The first kappa shape index (κ1) is 9.46. The number of nitrogens with one attached hydrogen (secondary N) is 1. The molecule has 3 rings (SSSR count). The highest BCUT2D eigenvalue weighted by Crippen LogP contribution is 2.26. The van der Waals surface area contributed by atoms with Gasteiger partial charge in [-0.2, -0.15) is 0 Å². The minimum atomic E-state index is 0.281. The van der Waals surface area contributed by atoms with Crippen molar-refractivity contribution < 1.29 is 4.79 Å². The number of amides is 2. The Morgan fingerprint density at radius 3 is 2.67 bits per heavy atom. The second kappa shape index (κ2) is 3.67. The molecule has 0 bridgehead atoms. The monoisotopic (exact) mass is 209 g/mol. The van der Waals surface area contributed by atoms with Crippen LogP contribution in [0, 0.1) is 5.92 Å². The first-order valence-electron chi connectivity index (χ1n) is 6.12. The van der Waals surface area contributed by atoms with E-state index >= 15 is 0 Å². The van der Waals surface area contributed by atoms with E-state index in [1.807, 2.05) is 9.80 Å². The molecule has 0 saturated carbocycles. The molecule has 3 saturated heterocycles. The van der Waals surface area contributed by atoms with Crippen LogP contribution in [0.4, 0.5) is 4.79 Å². The van der Waals surface area contributed by atoms with Crippen molar-refractivity contribution in [1.82, 2.24) is 15.1 Å². The Labute approximate surface area is 90.6 Å². The summed E-state index contributed by atoms with van der Waals surface area (Å²) in [6.07, 6.45) is 3.61. The largest absolute Gasteiger partial charge is 0.325 e. The van der Waals surface area contributed by atoms with E-state index in [1.54, 1.807) is 0 Å². The molecule has 0 spiro atoms. The second-order valence-electron chi connectivity index (χ2n) is 4.99. The van der Waals surface area contributed by atoms with Crippen LogP contribution in [0.3, 0.4) is 0 Å². The van der Waals surface area contributed by atoms with Crippen LogP contribution in [0.5, 0.6) is 0 Å². The van der Waals surface area contributed by atoms with Gasteiger partial charge in [-0.05, 0) is 31.7 Å². The summed E-state index contributed by atoms with van der Waals surface area (Å²) >= 11 is 0. The molecule has 0 aromatic rings. The highest BCUT2D eigenvalue weighted by atomic mass is 16.2. The van der Waals surface area contributed by atoms with E-state index in [1.165, 1.54) is 19.3 Å². The van der Waals surface area contributed by atoms with Gasteiger partial charge in [0.2, 0.25) is 0 Å². The number of carbonyl (C=O) groups excluding carboxylic acids is 1. The maximum atomic E-state index is 12.1. The summed E-state index contributed by atoms with van der Waals surface area (Å²) in [5.41, 5.74) is 0. The highest BCUT2D eigenvalue weighted by Gasteiger charge is 2.39. The third-order valence-electron chi connectivity index (χ3n) is 4.01. The first-order valence-corrected chi connectivity index (χ1v) is 6.12. The summed E-state index contributed by atoms with van der Waals surface area (Å²) < 4.78 is 0. The van der Waals surface area contributed by atoms with Crippen molar-refractivity contribution in [3.05, 3.63) is 0 Å². The average molecular weight is 209 g/mol. The minimum Gasteiger partial charge on any atom is -0.325 e. The lowest BCUT2D eigenvalue weighted by atomic mass is 10.1. The molecule has 0 unspecified atom stereocenters. The molecule has 3 aliphatic rings. The summed E-state index contributed by atoms with van der Waals surface area (Å²) in [4.78, 5) is 16.2. The maximum absolute atomic E-state index is 12.1. The van der Waals surface area contributed by atoms with Gasteiger partial charge in [-0.3, -0.25) is 0 Å². The SMILES string of the molecule is O=C(N1CCCC1)N1C[C@@H]2CCN[C@@H]2C1. The van der Waals surface area contributed by atoms with Crippen molar-refractivity contribution in [3.8, 4) is 0 Å². The van der Waals surface area contributed by atoms with Gasteiger partial charge in [-0.1, -0.05) is 0 Å². The van der Waals surface area contributed by atoms with Crippen LogP contribution in [0.1, 0.15) is 19.3 Å². The molecule has 84 valence electrons. The molecule has 4 nitrogen and oxygen atoms in total. The smallest absolute Gasteiger partial charge is 0.320 e. The number of rotatable bonds is 0. The minimum absolute atomic E-state index is 0.281. The quantitative estimate of drug-likeness (QED) is 0.630. The number of likely N-dealkylation sites (tertiary alicyclic amines) is 2. The van der Waals surface area contributed by atoms with Gasteiger partial charge in [0.25, 0.3) is 0 Å². The Hall–Kier alpha value is -0.770. The van der Waals surface area contributed by atoms with E-state index in [9.17, 15) is 4.79 Å². The Kier molecular flexibility index (Phi) is 2.31.